The molecule has 0 radical (unpaired) electrons. The summed E-state index contributed by atoms with van der Waals surface area (Å²) in [5.74, 6) is -0.419. The Labute approximate surface area is 237 Å². The standard InChI is InChI=1S/C31H32FN5O2S/c1-23(38)37-16-8-15-35(21-25-10-6-7-14-33-25)17-18-36(20-24-9-2-5-13-29(24)37)30(39)19-26-22-40-31(34-26)27-11-3-4-12-28(27)32/h2-7,9-14,22H,8,15-21H2,1H3. The third-order valence-electron chi connectivity index (χ3n) is 7.02. The lowest BCUT2D eigenvalue weighted by Gasteiger charge is -2.28. The average molecular weight is 558 g/mol. The van der Waals surface area contributed by atoms with Crippen LogP contribution in [0.3, 0.4) is 0 Å². The molecular formula is C31H32FN5O2S. The van der Waals surface area contributed by atoms with E-state index in [1.54, 1.807) is 31.3 Å². The van der Waals surface area contributed by atoms with Crippen LogP contribution in [0.1, 0.15) is 30.3 Å². The zero-order valence-corrected chi connectivity index (χ0v) is 23.3. The Kier molecular flexibility index (Phi) is 8.93. The number of aromatic nitrogens is 2. The van der Waals surface area contributed by atoms with Crippen molar-refractivity contribution in [3.8, 4) is 10.6 Å². The van der Waals surface area contributed by atoms with E-state index in [9.17, 15) is 14.0 Å². The van der Waals surface area contributed by atoms with Crippen molar-refractivity contribution >= 4 is 28.8 Å². The fourth-order valence-electron chi connectivity index (χ4n) is 4.97. The Morgan fingerprint density at radius 3 is 2.52 bits per heavy atom. The van der Waals surface area contributed by atoms with Crippen molar-refractivity contribution in [3.05, 3.63) is 101 Å². The Bertz CT molecular complexity index is 1460. The van der Waals surface area contributed by atoms with Gasteiger partial charge in [-0.05, 0) is 42.3 Å². The summed E-state index contributed by atoms with van der Waals surface area (Å²) in [6.45, 7) is 5.17. The van der Waals surface area contributed by atoms with Crippen molar-refractivity contribution in [1.29, 1.82) is 0 Å². The van der Waals surface area contributed by atoms with E-state index in [0.29, 0.717) is 49.0 Å². The molecule has 0 saturated carbocycles. The molecule has 0 saturated heterocycles. The maximum Gasteiger partial charge on any atom is 0.228 e. The Hall–Kier alpha value is -3.95. The molecule has 4 aromatic rings. The number of benzene rings is 2. The smallest absolute Gasteiger partial charge is 0.228 e. The second kappa shape index (κ2) is 12.9. The fraction of sp³-hybridized carbons (Fsp3) is 0.290. The number of amides is 2. The van der Waals surface area contributed by atoms with Crippen LogP contribution in [0.5, 0.6) is 0 Å². The number of fused-ring (bicyclic) bond motifs is 1. The van der Waals surface area contributed by atoms with Crippen molar-refractivity contribution in [3.63, 3.8) is 0 Å². The van der Waals surface area contributed by atoms with Crippen molar-refractivity contribution < 1.29 is 14.0 Å². The molecule has 3 heterocycles. The number of pyridine rings is 1. The van der Waals surface area contributed by atoms with Crippen molar-refractivity contribution in [2.75, 3.05) is 31.1 Å². The number of thiazole rings is 1. The molecule has 0 spiro atoms. The van der Waals surface area contributed by atoms with Crippen molar-refractivity contribution in [2.24, 2.45) is 0 Å². The van der Waals surface area contributed by atoms with E-state index in [1.165, 1.54) is 17.4 Å². The summed E-state index contributed by atoms with van der Waals surface area (Å²) < 4.78 is 14.3. The van der Waals surface area contributed by atoms with E-state index >= 15 is 0 Å². The van der Waals surface area contributed by atoms with E-state index in [0.717, 1.165) is 29.9 Å². The molecule has 9 heteroatoms. The predicted octanol–water partition coefficient (Wildman–Crippen LogP) is 5.17. The number of halogens is 1. The highest BCUT2D eigenvalue weighted by molar-refractivity contribution is 7.13. The van der Waals surface area contributed by atoms with Gasteiger partial charge in [-0.3, -0.25) is 19.5 Å². The van der Waals surface area contributed by atoms with Gasteiger partial charge in [0.15, 0.2) is 0 Å². The molecule has 40 heavy (non-hydrogen) atoms. The Balaban J connectivity index is 1.40. The summed E-state index contributed by atoms with van der Waals surface area (Å²) in [5, 5.41) is 2.38. The second-order valence-electron chi connectivity index (χ2n) is 9.87. The molecule has 0 aliphatic carbocycles. The van der Waals surface area contributed by atoms with Gasteiger partial charge < -0.3 is 9.80 Å². The van der Waals surface area contributed by atoms with E-state index in [2.05, 4.69) is 14.9 Å². The van der Waals surface area contributed by atoms with Crippen LogP contribution in [-0.2, 0) is 29.1 Å². The number of nitrogens with zero attached hydrogens (tertiary/aromatic N) is 5. The third kappa shape index (κ3) is 6.78. The van der Waals surface area contributed by atoms with E-state index in [4.69, 9.17) is 0 Å². The monoisotopic (exact) mass is 557 g/mol. The van der Waals surface area contributed by atoms with Crippen LogP contribution >= 0.6 is 11.3 Å². The number of carbonyl (C=O) groups excluding carboxylic acids is 2. The highest BCUT2D eigenvalue weighted by Gasteiger charge is 2.23. The molecule has 0 fully saturated rings. The van der Waals surface area contributed by atoms with Gasteiger partial charge in [-0.15, -0.1) is 11.3 Å². The fourth-order valence-corrected chi connectivity index (χ4v) is 5.82. The molecule has 2 amide bonds. The minimum Gasteiger partial charge on any atom is -0.337 e. The van der Waals surface area contributed by atoms with Gasteiger partial charge in [-0.1, -0.05) is 36.4 Å². The number of anilines is 1. The number of carbonyl (C=O) groups is 2. The predicted molar refractivity (Wildman–Crippen MR) is 155 cm³/mol. The highest BCUT2D eigenvalue weighted by Crippen LogP contribution is 2.27. The first-order valence-electron chi connectivity index (χ1n) is 13.4. The Morgan fingerprint density at radius 1 is 0.925 bits per heavy atom. The highest BCUT2D eigenvalue weighted by atomic mass is 32.1. The first-order valence-corrected chi connectivity index (χ1v) is 14.3. The maximum atomic E-state index is 14.3. The molecule has 0 atom stereocenters. The topological polar surface area (TPSA) is 69.6 Å². The van der Waals surface area contributed by atoms with E-state index in [-0.39, 0.29) is 24.1 Å². The van der Waals surface area contributed by atoms with Crippen LogP contribution in [0.4, 0.5) is 10.1 Å². The Morgan fingerprint density at radius 2 is 1.73 bits per heavy atom. The number of para-hydroxylation sites is 1. The van der Waals surface area contributed by atoms with Crippen LogP contribution in [0.25, 0.3) is 10.6 Å². The molecule has 5 rings (SSSR count). The number of hydrogen-bond donors (Lipinski definition) is 0. The molecule has 206 valence electrons. The molecule has 0 N–H and O–H groups in total. The zero-order chi connectivity index (χ0) is 27.9. The van der Waals surface area contributed by atoms with Crippen molar-refractivity contribution in [1.82, 2.24) is 19.8 Å². The van der Waals surface area contributed by atoms with Crippen LogP contribution in [0.2, 0.25) is 0 Å². The lowest BCUT2D eigenvalue weighted by molar-refractivity contribution is -0.131. The van der Waals surface area contributed by atoms with Gasteiger partial charge in [-0.25, -0.2) is 9.37 Å². The van der Waals surface area contributed by atoms with Gasteiger partial charge in [0.1, 0.15) is 10.8 Å². The van der Waals surface area contributed by atoms with Crippen molar-refractivity contribution in [2.45, 2.75) is 32.9 Å². The van der Waals surface area contributed by atoms with Gasteiger partial charge >= 0.3 is 0 Å². The molecule has 2 aromatic carbocycles. The molecule has 7 nitrogen and oxygen atoms in total. The summed E-state index contributed by atoms with van der Waals surface area (Å²) in [7, 11) is 0. The van der Waals surface area contributed by atoms with Gasteiger partial charge in [0.2, 0.25) is 11.8 Å². The molecule has 2 aromatic heterocycles. The van der Waals surface area contributed by atoms with Crippen LogP contribution < -0.4 is 4.90 Å². The van der Waals surface area contributed by atoms with Gasteiger partial charge in [-0.2, -0.15) is 0 Å². The summed E-state index contributed by atoms with van der Waals surface area (Å²) in [6, 6.07) is 20.2. The molecule has 0 unspecified atom stereocenters. The molecule has 0 bridgehead atoms. The first kappa shape index (κ1) is 27.6. The number of rotatable bonds is 5. The minimum absolute atomic E-state index is 0.0241. The normalized spacial score (nSPS) is 14.8. The minimum atomic E-state index is -0.332. The summed E-state index contributed by atoms with van der Waals surface area (Å²) in [6.07, 6.45) is 2.70. The lowest BCUT2D eigenvalue weighted by Crippen LogP contribution is -2.39. The second-order valence-corrected chi connectivity index (χ2v) is 10.7. The molecular weight excluding hydrogens is 525 g/mol. The molecule has 1 aliphatic heterocycles. The van der Waals surface area contributed by atoms with E-state index < -0.39 is 0 Å². The molecule has 1 aliphatic rings. The van der Waals surface area contributed by atoms with Crippen LogP contribution in [0.15, 0.2) is 78.3 Å². The van der Waals surface area contributed by atoms with Gasteiger partial charge in [0.05, 0.1) is 17.8 Å². The zero-order valence-electron chi connectivity index (χ0n) is 22.5. The van der Waals surface area contributed by atoms with E-state index in [1.807, 2.05) is 57.6 Å². The first-order chi connectivity index (χ1) is 19.5. The lowest BCUT2D eigenvalue weighted by atomic mass is 10.1. The van der Waals surface area contributed by atoms with Gasteiger partial charge in [0.25, 0.3) is 0 Å². The quantitative estimate of drug-likeness (QED) is 0.339. The van der Waals surface area contributed by atoms with Gasteiger partial charge in [0, 0.05) is 69.0 Å². The average Bonchev–Trinajstić information content (AvgIpc) is 3.40. The number of hydrogen-bond acceptors (Lipinski definition) is 6. The van der Waals surface area contributed by atoms with Crippen LogP contribution in [-0.4, -0.2) is 57.8 Å². The SMILES string of the molecule is CC(=O)N1CCCN(Cc2ccccn2)CCN(C(=O)Cc2csc(-c3ccccc3F)n2)Cc2ccccc21. The third-order valence-corrected chi connectivity index (χ3v) is 7.94. The summed E-state index contributed by atoms with van der Waals surface area (Å²) in [5.41, 5.74) is 3.78. The summed E-state index contributed by atoms with van der Waals surface area (Å²) in [4.78, 5) is 41.4. The largest absolute Gasteiger partial charge is 0.337 e. The summed E-state index contributed by atoms with van der Waals surface area (Å²) >= 11 is 1.33. The van der Waals surface area contributed by atoms with Crippen LogP contribution in [0, 0.1) is 5.82 Å². The maximum absolute atomic E-state index is 14.3.